The first-order chi connectivity index (χ1) is 16.9. The molecule has 7 heteroatoms. The van der Waals surface area contributed by atoms with Crippen LogP contribution in [0, 0.1) is 12.8 Å². The molecule has 2 aliphatic heterocycles. The Kier molecular flexibility index (Phi) is 6.80. The number of carbonyl (C=O) groups is 1. The van der Waals surface area contributed by atoms with Crippen LogP contribution < -0.4 is 0 Å². The fourth-order valence-electron chi connectivity index (χ4n) is 5.23. The van der Waals surface area contributed by atoms with E-state index in [0.717, 1.165) is 49.3 Å². The monoisotopic (exact) mass is 473 g/mol. The summed E-state index contributed by atoms with van der Waals surface area (Å²) in [7, 11) is 2.15. The van der Waals surface area contributed by atoms with Gasteiger partial charge in [0.1, 0.15) is 11.5 Å². The van der Waals surface area contributed by atoms with Crippen LogP contribution in [0.15, 0.2) is 42.7 Å². The van der Waals surface area contributed by atoms with Gasteiger partial charge in [0.15, 0.2) is 0 Å². The van der Waals surface area contributed by atoms with Crippen LogP contribution in [-0.2, 0) is 16.6 Å². The molecular formula is C28H35N5O2. The molecule has 2 aromatic heterocycles. The van der Waals surface area contributed by atoms with Crippen LogP contribution in [-0.4, -0.2) is 77.1 Å². The molecular weight excluding hydrogens is 438 g/mol. The SMILES string of the molecule is Cc1cc(C(=O)N2CCOCC(Cc3ccc4ccncc4c3)C2)nc(C2(C)CCN(C)CC2)n1. The van der Waals surface area contributed by atoms with Gasteiger partial charge in [0.2, 0.25) is 0 Å². The number of pyridine rings is 1. The van der Waals surface area contributed by atoms with Crippen molar-refractivity contribution in [2.45, 2.75) is 38.5 Å². The summed E-state index contributed by atoms with van der Waals surface area (Å²) in [6, 6.07) is 10.4. The molecule has 2 saturated heterocycles. The standard InChI is InChI=1S/C28H35N5O2/c1-20-14-25(31-27(30-20)28(2)7-10-32(3)11-8-28)26(34)33-12-13-35-19-22(18-33)15-21-4-5-23-6-9-29-17-24(23)16-21/h4-6,9,14,16-17,22H,7-8,10-13,15,18-19H2,1-3H3. The van der Waals surface area contributed by atoms with Crippen molar-refractivity contribution in [2.24, 2.45) is 5.92 Å². The molecule has 2 aliphatic rings. The van der Waals surface area contributed by atoms with E-state index in [-0.39, 0.29) is 17.2 Å². The maximum Gasteiger partial charge on any atom is 0.272 e. The first-order valence-corrected chi connectivity index (χ1v) is 12.6. The number of rotatable bonds is 4. The topological polar surface area (TPSA) is 71.5 Å². The highest BCUT2D eigenvalue weighted by Gasteiger charge is 2.34. The second kappa shape index (κ2) is 9.99. The lowest BCUT2D eigenvalue weighted by Crippen LogP contribution is -2.41. The summed E-state index contributed by atoms with van der Waals surface area (Å²) in [5.74, 6) is 1.01. The lowest BCUT2D eigenvalue weighted by molar-refractivity contribution is 0.0730. The van der Waals surface area contributed by atoms with Crippen molar-refractivity contribution < 1.29 is 9.53 Å². The Labute approximate surface area is 207 Å². The number of aryl methyl sites for hydroxylation is 1. The largest absolute Gasteiger partial charge is 0.379 e. The number of amides is 1. The van der Waals surface area contributed by atoms with E-state index in [1.807, 2.05) is 36.4 Å². The summed E-state index contributed by atoms with van der Waals surface area (Å²) in [5.41, 5.74) is 2.50. The Morgan fingerprint density at radius 1 is 1.11 bits per heavy atom. The van der Waals surface area contributed by atoms with Gasteiger partial charge in [-0.25, -0.2) is 9.97 Å². The van der Waals surface area contributed by atoms with E-state index in [9.17, 15) is 4.79 Å². The van der Waals surface area contributed by atoms with Crippen molar-refractivity contribution in [3.63, 3.8) is 0 Å². The van der Waals surface area contributed by atoms with Gasteiger partial charge in [-0.15, -0.1) is 0 Å². The van der Waals surface area contributed by atoms with Gasteiger partial charge in [-0.2, -0.15) is 0 Å². The van der Waals surface area contributed by atoms with E-state index in [0.29, 0.717) is 32.0 Å². The number of aromatic nitrogens is 3. The van der Waals surface area contributed by atoms with Crippen LogP contribution in [0.1, 0.15) is 47.3 Å². The average molecular weight is 474 g/mol. The van der Waals surface area contributed by atoms with Crippen LogP contribution in [0.3, 0.4) is 0 Å². The summed E-state index contributed by atoms with van der Waals surface area (Å²) in [6.07, 6.45) is 6.58. The Bertz CT molecular complexity index is 1200. The molecule has 184 valence electrons. The number of carbonyl (C=O) groups excluding carboxylic acids is 1. The molecule has 7 nitrogen and oxygen atoms in total. The van der Waals surface area contributed by atoms with E-state index in [2.05, 4.69) is 42.1 Å². The number of fused-ring (bicyclic) bond motifs is 1. The molecule has 1 unspecified atom stereocenters. The van der Waals surface area contributed by atoms with Crippen molar-refractivity contribution >= 4 is 16.7 Å². The molecule has 0 spiro atoms. The van der Waals surface area contributed by atoms with Gasteiger partial charge in [-0.1, -0.05) is 19.1 Å². The van der Waals surface area contributed by atoms with Crippen LogP contribution in [0.25, 0.3) is 10.8 Å². The normalized spacial score (nSPS) is 21.1. The lowest BCUT2D eigenvalue weighted by Gasteiger charge is -2.36. The maximum absolute atomic E-state index is 13.6. The van der Waals surface area contributed by atoms with Gasteiger partial charge in [-0.3, -0.25) is 9.78 Å². The first kappa shape index (κ1) is 23.8. The minimum absolute atomic E-state index is 0.0218. The van der Waals surface area contributed by atoms with Gasteiger partial charge in [-0.05, 0) is 75.5 Å². The zero-order chi connectivity index (χ0) is 24.4. The van der Waals surface area contributed by atoms with Gasteiger partial charge in [0.25, 0.3) is 5.91 Å². The molecule has 0 bridgehead atoms. The predicted octanol–water partition coefficient (Wildman–Crippen LogP) is 3.65. The number of hydrogen-bond acceptors (Lipinski definition) is 6. The van der Waals surface area contributed by atoms with Crippen molar-refractivity contribution in [3.05, 3.63) is 65.5 Å². The molecule has 0 N–H and O–H groups in total. The highest BCUT2D eigenvalue weighted by atomic mass is 16.5. The van der Waals surface area contributed by atoms with Crippen LogP contribution in [0.2, 0.25) is 0 Å². The molecule has 1 atom stereocenters. The number of ether oxygens (including phenoxy) is 1. The molecule has 35 heavy (non-hydrogen) atoms. The van der Waals surface area contributed by atoms with Crippen LogP contribution >= 0.6 is 0 Å². The van der Waals surface area contributed by atoms with Crippen LogP contribution in [0.5, 0.6) is 0 Å². The molecule has 1 amide bonds. The van der Waals surface area contributed by atoms with Gasteiger partial charge >= 0.3 is 0 Å². The zero-order valence-corrected chi connectivity index (χ0v) is 21.0. The molecule has 4 heterocycles. The second-order valence-electron chi connectivity index (χ2n) is 10.5. The first-order valence-electron chi connectivity index (χ1n) is 12.6. The lowest BCUT2D eigenvalue weighted by atomic mass is 9.79. The fraction of sp³-hybridized carbons (Fsp3) is 0.500. The number of piperidine rings is 1. The predicted molar refractivity (Wildman–Crippen MR) is 137 cm³/mol. The maximum atomic E-state index is 13.6. The Balaban J connectivity index is 1.33. The molecule has 2 fully saturated rings. The summed E-state index contributed by atoms with van der Waals surface area (Å²) >= 11 is 0. The van der Waals surface area contributed by atoms with Gasteiger partial charge < -0.3 is 14.5 Å². The molecule has 0 radical (unpaired) electrons. The van der Waals surface area contributed by atoms with Gasteiger partial charge in [0, 0.05) is 47.9 Å². The van der Waals surface area contributed by atoms with E-state index >= 15 is 0 Å². The molecule has 1 aromatic carbocycles. The summed E-state index contributed by atoms with van der Waals surface area (Å²) < 4.78 is 5.91. The number of likely N-dealkylation sites (tertiary alicyclic amines) is 1. The molecule has 5 rings (SSSR count). The molecule has 0 saturated carbocycles. The third-order valence-corrected chi connectivity index (χ3v) is 7.56. The third kappa shape index (κ3) is 5.36. The summed E-state index contributed by atoms with van der Waals surface area (Å²) in [4.78, 5) is 31.7. The third-order valence-electron chi connectivity index (χ3n) is 7.56. The van der Waals surface area contributed by atoms with Crippen molar-refractivity contribution in [1.82, 2.24) is 24.8 Å². The Morgan fingerprint density at radius 3 is 2.77 bits per heavy atom. The Hall–Kier alpha value is -2.90. The van der Waals surface area contributed by atoms with E-state index < -0.39 is 0 Å². The quantitative estimate of drug-likeness (QED) is 0.576. The highest BCUT2D eigenvalue weighted by molar-refractivity contribution is 5.92. The summed E-state index contributed by atoms with van der Waals surface area (Å²) in [5, 5.41) is 2.32. The van der Waals surface area contributed by atoms with E-state index in [1.165, 1.54) is 10.9 Å². The summed E-state index contributed by atoms with van der Waals surface area (Å²) in [6.45, 7) is 8.67. The number of hydrogen-bond donors (Lipinski definition) is 0. The zero-order valence-electron chi connectivity index (χ0n) is 21.0. The van der Waals surface area contributed by atoms with Crippen molar-refractivity contribution in [3.8, 4) is 0 Å². The number of nitrogens with zero attached hydrogens (tertiary/aromatic N) is 5. The van der Waals surface area contributed by atoms with Crippen molar-refractivity contribution in [1.29, 1.82) is 0 Å². The van der Waals surface area contributed by atoms with E-state index in [4.69, 9.17) is 14.7 Å². The van der Waals surface area contributed by atoms with Crippen molar-refractivity contribution in [2.75, 3.05) is 46.4 Å². The highest BCUT2D eigenvalue weighted by Crippen LogP contribution is 2.33. The minimum Gasteiger partial charge on any atom is -0.379 e. The van der Waals surface area contributed by atoms with E-state index in [1.54, 1.807) is 0 Å². The number of benzene rings is 1. The molecule has 0 aliphatic carbocycles. The van der Waals surface area contributed by atoms with Crippen LogP contribution in [0.4, 0.5) is 0 Å². The molecule has 3 aromatic rings. The second-order valence-corrected chi connectivity index (χ2v) is 10.5. The minimum atomic E-state index is -0.0943. The fourth-order valence-corrected chi connectivity index (χ4v) is 5.23. The average Bonchev–Trinajstić information content (AvgIpc) is 3.10. The van der Waals surface area contributed by atoms with Gasteiger partial charge in [0.05, 0.1) is 13.2 Å². The smallest absolute Gasteiger partial charge is 0.272 e. The Morgan fingerprint density at radius 2 is 1.94 bits per heavy atom.